The molecule has 6 heteroatoms. The molecule has 0 bridgehead atoms. The zero-order valence-electron chi connectivity index (χ0n) is 12.8. The van der Waals surface area contributed by atoms with Crippen LogP contribution in [0.2, 0.25) is 0 Å². The molecule has 114 valence electrons. The van der Waals surface area contributed by atoms with Gasteiger partial charge in [-0.15, -0.1) is 0 Å². The summed E-state index contributed by atoms with van der Waals surface area (Å²) in [7, 11) is -2.12. The lowest BCUT2D eigenvalue weighted by atomic mass is 9.89. The van der Waals surface area contributed by atoms with Gasteiger partial charge in [0.05, 0.1) is 13.2 Å². The normalized spacial score (nSPS) is 13.3. The summed E-state index contributed by atoms with van der Waals surface area (Å²) < 4.78 is 27.1. The van der Waals surface area contributed by atoms with Crippen molar-refractivity contribution in [2.24, 2.45) is 0 Å². The van der Waals surface area contributed by atoms with E-state index in [4.69, 9.17) is 4.74 Å². The lowest BCUT2D eigenvalue weighted by molar-refractivity contribution is -0.121. The molecule has 0 saturated heterocycles. The van der Waals surface area contributed by atoms with Crippen LogP contribution in [0.3, 0.4) is 0 Å². The van der Waals surface area contributed by atoms with Gasteiger partial charge in [0.15, 0.2) is 15.6 Å². The lowest BCUT2D eigenvalue weighted by Crippen LogP contribution is -2.42. The molecule has 0 N–H and O–H groups in total. The van der Waals surface area contributed by atoms with E-state index in [0.29, 0.717) is 11.3 Å². The first kappa shape index (κ1) is 17.2. The monoisotopic (exact) mass is 309 g/mol. The maximum atomic E-state index is 12.5. The van der Waals surface area contributed by atoms with E-state index in [-0.39, 0.29) is 0 Å². The molecule has 0 saturated carbocycles. The number of hydrogen-bond donors (Lipinski definition) is 0. The standard InChI is InChI=1S/C15H19NO4S/c1-10-6-7-11(8-13(10)20-4)12(9-16)14(17)15(2,3)21(5,18)19/h6-8,12H,1-5H3. The average molecular weight is 309 g/mol. The van der Waals surface area contributed by atoms with Gasteiger partial charge in [-0.05, 0) is 38.0 Å². The quantitative estimate of drug-likeness (QED) is 0.830. The second-order valence-electron chi connectivity index (χ2n) is 5.44. The fraction of sp³-hybridized carbons (Fsp3) is 0.467. The third-order valence-corrected chi connectivity index (χ3v) is 5.73. The first-order valence-corrected chi connectivity index (χ1v) is 8.23. The Bertz CT molecular complexity index is 699. The van der Waals surface area contributed by atoms with Gasteiger partial charge >= 0.3 is 0 Å². The second-order valence-corrected chi connectivity index (χ2v) is 8.00. The zero-order chi connectivity index (χ0) is 16.4. The van der Waals surface area contributed by atoms with Gasteiger partial charge in [-0.2, -0.15) is 5.26 Å². The van der Waals surface area contributed by atoms with Gasteiger partial charge < -0.3 is 4.74 Å². The van der Waals surface area contributed by atoms with Crippen LogP contribution in [0.4, 0.5) is 0 Å². The van der Waals surface area contributed by atoms with Crippen LogP contribution in [0.1, 0.15) is 30.9 Å². The van der Waals surface area contributed by atoms with Crippen LogP contribution in [-0.4, -0.2) is 32.3 Å². The maximum Gasteiger partial charge on any atom is 0.175 e. The topological polar surface area (TPSA) is 84.2 Å². The van der Waals surface area contributed by atoms with E-state index >= 15 is 0 Å². The Balaban J connectivity index is 3.33. The second kappa shape index (κ2) is 5.86. The number of nitrogens with zero attached hydrogens (tertiary/aromatic N) is 1. The minimum atomic E-state index is -3.62. The Morgan fingerprint density at radius 2 is 1.95 bits per heavy atom. The van der Waals surface area contributed by atoms with Crippen LogP contribution in [0, 0.1) is 18.3 Å². The smallest absolute Gasteiger partial charge is 0.175 e. The molecule has 0 radical (unpaired) electrons. The molecule has 1 rings (SSSR count). The number of benzene rings is 1. The number of ketones is 1. The van der Waals surface area contributed by atoms with E-state index in [1.54, 1.807) is 18.2 Å². The molecule has 0 aliphatic carbocycles. The van der Waals surface area contributed by atoms with Crippen LogP contribution in [0.5, 0.6) is 5.75 Å². The number of nitriles is 1. The van der Waals surface area contributed by atoms with Crippen LogP contribution in [-0.2, 0) is 14.6 Å². The number of carbonyl (C=O) groups is 1. The minimum Gasteiger partial charge on any atom is -0.496 e. The SMILES string of the molecule is COc1cc(C(C#N)C(=O)C(C)(C)S(C)(=O)=O)ccc1C. The number of Topliss-reactive ketones (excluding diaryl/α,β-unsaturated/α-hetero) is 1. The van der Waals surface area contributed by atoms with Gasteiger partial charge in [0, 0.05) is 6.26 Å². The van der Waals surface area contributed by atoms with E-state index in [9.17, 15) is 18.5 Å². The molecule has 1 atom stereocenters. The predicted molar refractivity (Wildman–Crippen MR) is 80.0 cm³/mol. The fourth-order valence-electron chi connectivity index (χ4n) is 1.83. The fourth-order valence-corrected chi connectivity index (χ4v) is 2.31. The number of sulfone groups is 1. The molecule has 1 aromatic rings. The van der Waals surface area contributed by atoms with Gasteiger partial charge in [-0.25, -0.2) is 8.42 Å². The number of ether oxygens (including phenoxy) is 1. The highest BCUT2D eigenvalue weighted by Gasteiger charge is 2.42. The van der Waals surface area contributed by atoms with Crippen LogP contribution >= 0.6 is 0 Å². The van der Waals surface area contributed by atoms with Crippen molar-refractivity contribution in [3.8, 4) is 11.8 Å². The summed E-state index contributed by atoms with van der Waals surface area (Å²) in [5.74, 6) is -1.24. The Morgan fingerprint density at radius 1 is 1.38 bits per heavy atom. The lowest BCUT2D eigenvalue weighted by Gasteiger charge is -2.24. The van der Waals surface area contributed by atoms with Crippen molar-refractivity contribution in [2.45, 2.75) is 31.4 Å². The van der Waals surface area contributed by atoms with Gasteiger partial charge in [0.25, 0.3) is 0 Å². The first-order valence-electron chi connectivity index (χ1n) is 6.34. The van der Waals surface area contributed by atoms with Crippen LogP contribution in [0.15, 0.2) is 18.2 Å². The van der Waals surface area contributed by atoms with Gasteiger partial charge in [0.1, 0.15) is 16.4 Å². The number of carbonyl (C=O) groups excluding carboxylic acids is 1. The van der Waals surface area contributed by atoms with E-state index in [1.165, 1.54) is 21.0 Å². The third kappa shape index (κ3) is 3.24. The van der Waals surface area contributed by atoms with Crippen molar-refractivity contribution in [3.63, 3.8) is 0 Å². The Morgan fingerprint density at radius 3 is 2.38 bits per heavy atom. The van der Waals surface area contributed by atoms with Crippen molar-refractivity contribution in [3.05, 3.63) is 29.3 Å². The number of aryl methyl sites for hydroxylation is 1. The Kier molecular flexibility index (Phi) is 4.79. The largest absolute Gasteiger partial charge is 0.496 e. The zero-order valence-corrected chi connectivity index (χ0v) is 13.6. The maximum absolute atomic E-state index is 12.5. The summed E-state index contributed by atoms with van der Waals surface area (Å²) in [5, 5.41) is 9.31. The van der Waals surface area contributed by atoms with Crippen molar-refractivity contribution in [1.82, 2.24) is 0 Å². The molecule has 0 aliphatic heterocycles. The van der Waals surface area contributed by atoms with E-state index in [0.717, 1.165) is 11.8 Å². The molecule has 0 spiro atoms. The number of methoxy groups -OCH3 is 1. The molecule has 1 unspecified atom stereocenters. The molecule has 0 heterocycles. The molecule has 1 aromatic carbocycles. The molecule has 0 aromatic heterocycles. The van der Waals surface area contributed by atoms with Crippen molar-refractivity contribution in [1.29, 1.82) is 5.26 Å². The van der Waals surface area contributed by atoms with Crippen molar-refractivity contribution >= 4 is 15.6 Å². The molecule has 0 aliphatic rings. The van der Waals surface area contributed by atoms with Crippen LogP contribution < -0.4 is 4.74 Å². The van der Waals surface area contributed by atoms with E-state index in [2.05, 4.69) is 0 Å². The summed E-state index contributed by atoms with van der Waals surface area (Å²) in [6.07, 6.45) is 0.995. The van der Waals surface area contributed by atoms with Crippen LogP contribution in [0.25, 0.3) is 0 Å². The molecular weight excluding hydrogens is 290 g/mol. The summed E-state index contributed by atoms with van der Waals surface area (Å²) >= 11 is 0. The summed E-state index contributed by atoms with van der Waals surface area (Å²) in [6.45, 7) is 4.48. The van der Waals surface area contributed by atoms with Gasteiger partial charge in [0.2, 0.25) is 0 Å². The highest BCUT2D eigenvalue weighted by atomic mass is 32.2. The molecule has 0 amide bonds. The number of hydrogen-bond acceptors (Lipinski definition) is 5. The van der Waals surface area contributed by atoms with Crippen molar-refractivity contribution < 1.29 is 17.9 Å². The Labute approximate surface area is 125 Å². The first-order chi connectivity index (χ1) is 9.56. The van der Waals surface area contributed by atoms with E-state index < -0.39 is 26.3 Å². The molecule has 0 fully saturated rings. The number of rotatable bonds is 5. The molecule has 21 heavy (non-hydrogen) atoms. The minimum absolute atomic E-state index is 0.432. The summed E-state index contributed by atoms with van der Waals surface area (Å²) in [6, 6.07) is 6.87. The highest BCUT2D eigenvalue weighted by molar-refractivity contribution is 7.92. The molecular formula is C15H19NO4S. The Hall–Kier alpha value is -1.87. The summed E-state index contributed by atoms with van der Waals surface area (Å²) in [4.78, 5) is 12.5. The predicted octanol–water partition coefficient (Wildman–Crippen LogP) is 2.00. The van der Waals surface area contributed by atoms with Gasteiger partial charge in [-0.3, -0.25) is 4.79 Å². The van der Waals surface area contributed by atoms with E-state index in [1.807, 2.05) is 13.0 Å². The van der Waals surface area contributed by atoms with Crippen molar-refractivity contribution in [2.75, 3.05) is 13.4 Å². The van der Waals surface area contributed by atoms with Gasteiger partial charge in [-0.1, -0.05) is 12.1 Å². The third-order valence-electron chi connectivity index (χ3n) is 3.68. The average Bonchev–Trinajstić information content (AvgIpc) is 2.39. The summed E-state index contributed by atoms with van der Waals surface area (Å²) in [5.41, 5.74) is 1.30. The highest BCUT2D eigenvalue weighted by Crippen LogP contribution is 2.30. The molecule has 5 nitrogen and oxygen atoms in total.